The maximum absolute atomic E-state index is 13.3. The predicted octanol–water partition coefficient (Wildman–Crippen LogP) is -0.305. The van der Waals surface area contributed by atoms with Gasteiger partial charge in [0.05, 0.1) is 19.5 Å². The normalized spacial score (nSPS) is 12.0. The van der Waals surface area contributed by atoms with Gasteiger partial charge >= 0.3 is 5.69 Å². The number of imidazole rings is 1. The van der Waals surface area contributed by atoms with Crippen molar-refractivity contribution in [2.75, 3.05) is 20.3 Å². The Labute approximate surface area is 190 Å². The summed E-state index contributed by atoms with van der Waals surface area (Å²) in [4.78, 5) is 55.4. The summed E-state index contributed by atoms with van der Waals surface area (Å²) in [5, 5.41) is 5.14. The largest absolute Gasteiger partial charge is 0.383 e. The molecule has 0 bridgehead atoms. The van der Waals surface area contributed by atoms with Crippen LogP contribution in [0.3, 0.4) is 0 Å². The molecule has 1 atom stereocenters. The van der Waals surface area contributed by atoms with Crippen LogP contribution in [0.1, 0.15) is 19.4 Å². The summed E-state index contributed by atoms with van der Waals surface area (Å²) in [5.74, 6) is -0.977. The van der Waals surface area contributed by atoms with Crippen LogP contribution in [0.2, 0.25) is 0 Å². The number of nitrogens with zero attached hydrogens (tertiary/aromatic N) is 4. The van der Waals surface area contributed by atoms with E-state index in [0.717, 1.165) is 10.1 Å². The van der Waals surface area contributed by atoms with E-state index >= 15 is 0 Å². The minimum Gasteiger partial charge on any atom is -0.383 e. The highest BCUT2D eigenvalue weighted by atomic mass is 16.5. The van der Waals surface area contributed by atoms with Crippen molar-refractivity contribution in [3.63, 3.8) is 0 Å². The van der Waals surface area contributed by atoms with E-state index in [9.17, 15) is 19.2 Å². The number of nitrogens with one attached hydrogen (secondary N) is 2. The molecule has 0 aliphatic heterocycles. The Hall–Kier alpha value is -3.73. The van der Waals surface area contributed by atoms with E-state index in [1.54, 1.807) is 18.6 Å². The van der Waals surface area contributed by atoms with Crippen LogP contribution in [-0.2, 0) is 34.0 Å². The molecule has 2 heterocycles. The van der Waals surface area contributed by atoms with Gasteiger partial charge < -0.3 is 19.9 Å². The Kier molecular flexibility index (Phi) is 7.78. The van der Waals surface area contributed by atoms with Crippen LogP contribution in [0.25, 0.3) is 11.2 Å². The molecule has 0 fully saturated rings. The lowest BCUT2D eigenvalue weighted by Crippen LogP contribution is -2.49. The van der Waals surface area contributed by atoms with E-state index in [-0.39, 0.29) is 23.6 Å². The monoisotopic (exact) mass is 456 g/mol. The van der Waals surface area contributed by atoms with E-state index in [2.05, 4.69) is 15.6 Å². The molecule has 2 N–H and O–H groups in total. The number of methoxy groups -OCH3 is 1. The molecule has 0 aliphatic carbocycles. The number of hydrogen-bond donors (Lipinski definition) is 2. The van der Waals surface area contributed by atoms with Crippen molar-refractivity contribution < 1.29 is 14.3 Å². The summed E-state index contributed by atoms with van der Waals surface area (Å²) >= 11 is 0. The molecule has 1 aromatic carbocycles. The molecule has 3 rings (SSSR count). The van der Waals surface area contributed by atoms with Gasteiger partial charge in [-0.25, -0.2) is 14.3 Å². The van der Waals surface area contributed by atoms with E-state index in [4.69, 9.17) is 4.74 Å². The van der Waals surface area contributed by atoms with E-state index in [1.165, 1.54) is 17.8 Å². The second-order valence-corrected chi connectivity index (χ2v) is 7.53. The minimum absolute atomic E-state index is 0.175. The van der Waals surface area contributed by atoms with Crippen LogP contribution in [0.5, 0.6) is 0 Å². The average Bonchev–Trinajstić information content (AvgIpc) is 3.22. The quantitative estimate of drug-likeness (QED) is 0.431. The average molecular weight is 457 g/mol. The summed E-state index contributed by atoms with van der Waals surface area (Å²) in [5.41, 5.74) is -0.0146. The first kappa shape index (κ1) is 23.9. The molecule has 11 heteroatoms. The van der Waals surface area contributed by atoms with Crippen LogP contribution < -0.4 is 21.9 Å². The van der Waals surface area contributed by atoms with Gasteiger partial charge in [-0.05, 0) is 19.4 Å². The number of carbonyl (C=O) groups excluding carboxylic acids is 2. The molecule has 1 unspecified atom stereocenters. The molecule has 33 heavy (non-hydrogen) atoms. The van der Waals surface area contributed by atoms with Crippen molar-refractivity contribution in [1.29, 1.82) is 0 Å². The van der Waals surface area contributed by atoms with Gasteiger partial charge in [0.15, 0.2) is 11.2 Å². The zero-order valence-electron chi connectivity index (χ0n) is 18.9. The number of amides is 2. The summed E-state index contributed by atoms with van der Waals surface area (Å²) < 4.78 is 8.95. The van der Waals surface area contributed by atoms with Crippen LogP contribution in [0, 0.1) is 0 Å². The zero-order valence-corrected chi connectivity index (χ0v) is 18.9. The fourth-order valence-corrected chi connectivity index (χ4v) is 3.47. The number of fused-ring (bicyclic) bond motifs is 1. The number of ether oxygens (including phenoxy) is 1. The maximum Gasteiger partial charge on any atom is 0.333 e. The van der Waals surface area contributed by atoms with Gasteiger partial charge in [-0.1, -0.05) is 30.3 Å². The molecular formula is C22H28N6O5. The Balaban J connectivity index is 2.04. The lowest BCUT2D eigenvalue weighted by atomic mass is 10.2. The first-order chi connectivity index (χ1) is 15.9. The minimum atomic E-state index is -0.810. The van der Waals surface area contributed by atoms with Crippen molar-refractivity contribution >= 4 is 23.0 Å². The molecule has 176 valence electrons. The van der Waals surface area contributed by atoms with Crippen molar-refractivity contribution in [3.05, 3.63) is 63.1 Å². The number of benzene rings is 1. The third kappa shape index (κ3) is 5.37. The zero-order chi connectivity index (χ0) is 24.0. The Morgan fingerprint density at radius 2 is 1.88 bits per heavy atom. The number of hydrogen-bond acceptors (Lipinski definition) is 6. The van der Waals surface area contributed by atoms with Crippen LogP contribution >= 0.6 is 0 Å². The van der Waals surface area contributed by atoms with Gasteiger partial charge in [0.25, 0.3) is 5.56 Å². The molecule has 0 saturated heterocycles. The molecule has 2 aromatic heterocycles. The molecule has 0 spiro atoms. The number of aromatic nitrogens is 4. The Bertz CT molecular complexity index is 1240. The van der Waals surface area contributed by atoms with Crippen molar-refractivity contribution in [1.82, 2.24) is 29.3 Å². The molecule has 3 aromatic rings. The maximum atomic E-state index is 13.3. The smallest absolute Gasteiger partial charge is 0.333 e. The number of likely N-dealkylation sites (N-methyl/N-ethyl adjacent to an activating group) is 1. The summed E-state index contributed by atoms with van der Waals surface area (Å²) in [6.07, 6.45) is 1.48. The summed E-state index contributed by atoms with van der Waals surface area (Å²) in [6.45, 7) is 4.06. The predicted molar refractivity (Wildman–Crippen MR) is 122 cm³/mol. The molecule has 0 saturated carbocycles. The van der Waals surface area contributed by atoms with Crippen LogP contribution in [-0.4, -0.2) is 56.8 Å². The molecule has 2 amide bonds. The lowest BCUT2D eigenvalue weighted by molar-refractivity contribution is -0.128. The fraction of sp³-hybridized carbons (Fsp3) is 0.409. The van der Waals surface area contributed by atoms with Gasteiger partial charge in [-0.3, -0.25) is 19.0 Å². The SMILES string of the molecule is CCNC(=O)C(C)NC(=O)Cn1c(=O)c2c(ncn2CCOC)n(Cc2ccccc2)c1=O. The molecule has 11 nitrogen and oxygen atoms in total. The lowest BCUT2D eigenvalue weighted by Gasteiger charge is -2.15. The van der Waals surface area contributed by atoms with Crippen LogP contribution in [0.15, 0.2) is 46.2 Å². The molecule has 0 aliphatic rings. The van der Waals surface area contributed by atoms with Crippen molar-refractivity contribution in [2.24, 2.45) is 0 Å². The highest BCUT2D eigenvalue weighted by Crippen LogP contribution is 2.10. The standard InChI is InChI=1S/C22H28N6O5/c1-4-23-20(30)15(2)25-17(29)13-28-21(31)18-19(24-14-26(18)10-11-33-3)27(22(28)32)12-16-8-6-5-7-9-16/h5-9,14-15H,4,10-13H2,1-3H3,(H,23,30)(H,25,29). The second-order valence-electron chi connectivity index (χ2n) is 7.53. The van der Waals surface area contributed by atoms with Gasteiger partial charge in [-0.2, -0.15) is 0 Å². The van der Waals surface area contributed by atoms with Gasteiger partial charge in [0.1, 0.15) is 12.6 Å². The number of rotatable bonds is 10. The van der Waals surface area contributed by atoms with Gasteiger partial charge in [0.2, 0.25) is 11.8 Å². The van der Waals surface area contributed by atoms with E-state index in [0.29, 0.717) is 19.7 Å². The topological polar surface area (TPSA) is 129 Å². The Morgan fingerprint density at radius 1 is 1.15 bits per heavy atom. The van der Waals surface area contributed by atoms with Crippen molar-refractivity contribution in [2.45, 2.75) is 39.5 Å². The fourth-order valence-electron chi connectivity index (χ4n) is 3.47. The third-order valence-corrected chi connectivity index (χ3v) is 5.13. The van der Waals surface area contributed by atoms with E-state index in [1.807, 2.05) is 30.3 Å². The highest BCUT2D eigenvalue weighted by Gasteiger charge is 2.21. The summed E-state index contributed by atoms with van der Waals surface area (Å²) in [7, 11) is 1.54. The van der Waals surface area contributed by atoms with E-state index < -0.39 is 29.7 Å². The van der Waals surface area contributed by atoms with Gasteiger partial charge in [-0.15, -0.1) is 0 Å². The number of carbonyl (C=O) groups is 2. The first-order valence-electron chi connectivity index (χ1n) is 10.7. The van der Waals surface area contributed by atoms with Gasteiger partial charge in [0, 0.05) is 20.2 Å². The van der Waals surface area contributed by atoms with Crippen LogP contribution in [0.4, 0.5) is 0 Å². The first-order valence-corrected chi connectivity index (χ1v) is 10.7. The Morgan fingerprint density at radius 3 is 2.55 bits per heavy atom. The van der Waals surface area contributed by atoms with Crippen molar-refractivity contribution in [3.8, 4) is 0 Å². The summed E-state index contributed by atoms with van der Waals surface area (Å²) in [6, 6.07) is 8.47. The molecule has 0 radical (unpaired) electrons. The highest BCUT2D eigenvalue weighted by molar-refractivity contribution is 5.87. The second kappa shape index (κ2) is 10.7. The third-order valence-electron chi connectivity index (χ3n) is 5.13. The molecular weight excluding hydrogens is 428 g/mol.